The topological polar surface area (TPSA) is 20.2 Å². The molecule has 0 saturated heterocycles. The summed E-state index contributed by atoms with van der Waals surface area (Å²) in [6.07, 6.45) is 0. The number of aryl methyl sites for hydroxylation is 1. The van der Waals surface area contributed by atoms with Crippen molar-refractivity contribution < 1.29 is 13.9 Å². The molecular formula is C14H12F2O. The molecule has 0 amide bonds. The second kappa shape index (κ2) is 4.63. The summed E-state index contributed by atoms with van der Waals surface area (Å²) in [7, 11) is 0. The van der Waals surface area contributed by atoms with Gasteiger partial charge in [0.05, 0.1) is 6.61 Å². The Morgan fingerprint density at radius 1 is 1.00 bits per heavy atom. The maximum Gasteiger partial charge on any atom is 0.159 e. The van der Waals surface area contributed by atoms with Gasteiger partial charge in [0.25, 0.3) is 0 Å². The zero-order valence-electron chi connectivity index (χ0n) is 9.37. The van der Waals surface area contributed by atoms with Crippen molar-refractivity contribution >= 4 is 0 Å². The van der Waals surface area contributed by atoms with Gasteiger partial charge in [0.2, 0.25) is 0 Å². The summed E-state index contributed by atoms with van der Waals surface area (Å²) in [5.41, 5.74) is 3.11. The minimum Gasteiger partial charge on any atom is -0.392 e. The number of halogens is 2. The minimum absolute atomic E-state index is 0.0725. The Labute approximate surface area is 98.3 Å². The summed E-state index contributed by atoms with van der Waals surface area (Å²) in [5.74, 6) is -1.72. The molecule has 0 unspecified atom stereocenters. The SMILES string of the molecule is Cc1ccc(CO)cc1-c1ccc(F)c(F)c1. The third-order valence-corrected chi connectivity index (χ3v) is 2.72. The van der Waals surface area contributed by atoms with E-state index in [9.17, 15) is 8.78 Å². The van der Waals surface area contributed by atoms with Crippen LogP contribution in [-0.4, -0.2) is 5.11 Å². The molecule has 0 heterocycles. The van der Waals surface area contributed by atoms with Crippen molar-refractivity contribution in [3.05, 3.63) is 59.2 Å². The Kier molecular flexibility index (Phi) is 3.20. The lowest BCUT2D eigenvalue weighted by atomic mass is 9.98. The van der Waals surface area contributed by atoms with Gasteiger partial charge in [-0.3, -0.25) is 0 Å². The van der Waals surface area contributed by atoms with Crippen molar-refractivity contribution in [3.63, 3.8) is 0 Å². The summed E-state index contributed by atoms with van der Waals surface area (Å²) in [6, 6.07) is 9.24. The zero-order chi connectivity index (χ0) is 12.4. The highest BCUT2D eigenvalue weighted by Crippen LogP contribution is 2.26. The fourth-order valence-corrected chi connectivity index (χ4v) is 1.74. The van der Waals surface area contributed by atoms with Crippen molar-refractivity contribution in [3.8, 4) is 11.1 Å². The molecular weight excluding hydrogens is 222 g/mol. The van der Waals surface area contributed by atoms with Gasteiger partial charge in [0.15, 0.2) is 11.6 Å². The van der Waals surface area contributed by atoms with Gasteiger partial charge in [-0.15, -0.1) is 0 Å². The molecule has 0 aliphatic rings. The van der Waals surface area contributed by atoms with Crippen LogP contribution in [0.5, 0.6) is 0 Å². The van der Waals surface area contributed by atoms with Gasteiger partial charge in [-0.1, -0.05) is 18.2 Å². The highest BCUT2D eigenvalue weighted by molar-refractivity contribution is 5.68. The standard InChI is InChI=1S/C14H12F2O/c1-9-2-3-10(8-17)6-12(9)11-4-5-13(15)14(16)7-11/h2-7,17H,8H2,1H3. The van der Waals surface area contributed by atoms with Crippen LogP contribution in [-0.2, 0) is 6.61 Å². The second-order valence-electron chi connectivity index (χ2n) is 3.94. The lowest BCUT2D eigenvalue weighted by Gasteiger charge is -2.08. The van der Waals surface area contributed by atoms with Crippen molar-refractivity contribution in [2.75, 3.05) is 0 Å². The average molecular weight is 234 g/mol. The first-order valence-electron chi connectivity index (χ1n) is 5.27. The van der Waals surface area contributed by atoms with E-state index in [2.05, 4.69) is 0 Å². The number of benzene rings is 2. The van der Waals surface area contributed by atoms with Crippen molar-refractivity contribution in [1.82, 2.24) is 0 Å². The Morgan fingerprint density at radius 2 is 1.76 bits per heavy atom. The van der Waals surface area contributed by atoms with E-state index in [0.717, 1.165) is 22.8 Å². The van der Waals surface area contributed by atoms with Gasteiger partial charge in [-0.25, -0.2) is 8.78 Å². The molecule has 0 saturated carbocycles. The van der Waals surface area contributed by atoms with Gasteiger partial charge in [-0.2, -0.15) is 0 Å². The summed E-state index contributed by atoms with van der Waals surface area (Å²) in [4.78, 5) is 0. The van der Waals surface area contributed by atoms with E-state index in [1.807, 2.05) is 13.0 Å². The molecule has 2 aromatic carbocycles. The highest BCUT2D eigenvalue weighted by Gasteiger charge is 2.07. The molecule has 88 valence electrons. The highest BCUT2D eigenvalue weighted by atomic mass is 19.2. The van der Waals surface area contributed by atoms with E-state index in [4.69, 9.17) is 5.11 Å². The lowest BCUT2D eigenvalue weighted by Crippen LogP contribution is -1.90. The van der Waals surface area contributed by atoms with Crippen LogP contribution >= 0.6 is 0 Å². The van der Waals surface area contributed by atoms with E-state index < -0.39 is 11.6 Å². The number of aliphatic hydroxyl groups excluding tert-OH is 1. The molecule has 3 heteroatoms. The molecule has 17 heavy (non-hydrogen) atoms. The van der Waals surface area contributed by atoms with Gasteiger partial charge < -0.3 is 5.11 Å². The zero-order valence-corrected chi connectivity index (χ0v) is 9.37. The third kappa shape index (κ3) is 2.34. The summed E-state index contributed by atoms with van der Waals surface area (Å²) in [5, 5.41) is 9.06. The van der Waals surface area contributed by atoms with E-state index in [-0.39, 0.29) is 6.61 Å². The van der Waals surface area contributed by atoms with Gasteiger partial charge in [-0.05, 0) is 47.4 Å². The van der Waals surface area contributed by atoms with E-state index in [0.29, 0.717) is 5.56 Å². The lowest BCUT2D eigenvalue weighted by molar-refractivity contribution is 0.282. The molecule has 0 aromatic heterocycles. The fourth-order valence-electron chi connectivity index (χ4n) is 1.74. The Balaban J connectivity index is 2.55. The predicted molar refractivity (Wildman–Crippen MR) is 62.5 cm³/mol. The molecule has 0 fully saturated rings. The molecule has 1 nitrogen and oxygen atoms in total. The Bertz CT molecular complexity index is 550. The van der Waals surface area contributed by atoms with Crippen molar-refractivity contribution in [1.29, 1.82) is 0 Å². The Morgan fingerprint density at radius 3 is 2.41 bits per heavy atom. The molecule has 1 N–H and O–H groups in total. The number of hydrogen-bond acceptors (Lipinski definition) is 1. The third-order valence-electron chi connectivity index (χ3n) is 2.72. The van der Waals surface area contributed by atoms with Gasteiger partial charge in [0, 0.05) is 0 Å². The number of hydrogen-bond donors (Lipinski definition) is 1. The van der Waals surface area contributed by atoms with E-state index in [1.54, 1.807) is 12.1 Å². The summed E-state index contributed by atoms with van der Waals surface area (Å²) < 4.78 is 26.0. The first kappa shape index (κ1) is 11.7. The predicted octanol–water partition coefficient (Wildman–Crippen LogP) is 3.43. The van der Waals surface area contributed by atoms with Crippen molar-refractivity contribution in [2.45, 2.75) is 13.5 Å². The molecule has 0 radical (unpaired) electrons. The molecule has 0 atom stereocenters. The monoisotopic (exact) mass is 234 g/mol. The van der Waals surface area contributed by atoms with Crippen LogP contribution in [0.3, 0.4) is 0 Å². The fraction of sp³-hybridized carbons (Fsp3) is 0.143. The molecule has 0 spiro atoms. The van der Waals surface area contributed by atoms with Crippen LogP contribution in [0.1, 0.15) is 11.1 Å². The molecule has 2 rings (SSSR count). The maximum atomic E-state index is 13.2. The normalized spacial score (nSPS) is 10.6. The first-order valence-corrected chi connectivity index (χ1v) is 5.27. The molecule has 2 aromatic rings. The second-order valence-corrected chi connectivity index (χ2v) is 3.94. The van der Waals surface area contributed by atoms with Crippen LogP contribution in [0.4, 0.5) is 8.78 Å². The van der Waals surface area contributed by atoms with Crippen LogP contribution in [0.2, 0.25) is 0 Å². The Hall–Kier alpha value is -1.74. The minimum atomic E-state index is -0.865. The van der Waals surface area contributed by atoms with Crippen LogP contribution in [0.15, 0.2) is 36.4 Å². The smallest absolute Gasteiger partial charge is 0.159 e. The average Bonchev–Trinajstić information content (AvgIpc) is 2.33. The van der Waals surface area contributed by atoms with Crippen LogP contribution in [0, 0.1) is 18.6 Å². The van der Waals surface area contributed by atoms with Crippen LogP contribution < -0.4 is 0 Å². The number of rotatable bonds is 2. The largest absolute Gasteiger partial charge is 0.392 e. The molecule has 0 aliphatic carbocycles. The van der Waals surface area contributed by atoms with Crippen LogP contribution in [0.25, 0.3) is 11.1 Å². The van der Waals surface area contributed by atoms with Gasteiger partial charge >= 0.3 is 0 Å². The summed E-state index contributed by atoms with van der Waals surface area (Å²) in [6.45, 7) is 1.81. The number of aliphatic hydroxyl groups is 1. The van der Waals surface area contributed by atoms with E-state index >= 15 is 0 Å². The van der Waals surface area contributed by atoms with Crippen molar-refractivity contribution in [2.24, 2.45) is 0 Å². The van der Waals surface area contributed by atoms with E-state index in [1.165, 1.54) is 12.1 Å². The quantitative estimate of drug-likeness (QED) is 0.844. The first-order chi connectivity index (χ1) is 8.11. The van der Waals surface area contributed by atoms with Gasteiger partial charge in [0.1, 0.15) is 0 Å². The molecule has 0 aliphatic heterocycles. The molecule has 0 bridgehead atoms. The maximum absolute atomic E-state index is 13.2. The summed E-state index contributed by atoms with van der Waals surface area (Å²) >= 11 is 0.